The molecule has 0 amide bonds. The molecule has 330 valence electrons. The van der Waals surface area contributed by atoms with E-state index in [1.165, 1.54) is 43.8 Å². The van der Waals surface area contributed by atoms with Gasteiger partial charge in [-0.25, -0.2) is 15.0 Å². The van der Waals surface area contributed by atoms with Crippen molar-refractivity contribution in [3.05, 3.63) is 248 Å². The second-order valence-electron chi connectivity index (χ2n) is 18.2. The summed E-state index contributed by atoms with van der Waals surface area (Å²) < 4.78 is 4.82. The standard InChI is InChI=1S/C65H45N5/c1-42-25-29-44(30-26-42)48-33-36-53-54-37-34-49(45-31-27-43(2)28-32-45)41-61(54)70(60(53)40-48)58-38-35-50(52-22-14-24-59-62(52)55-21-12-13-23-57(55)69(59)51-19-10-5-11-20-51)39-56(58)65-67-63(46-15-6-3-7-16-46)66-64(68-65)47-17-8-4-9-18-47/h3-41H,1-2H3. The van der Waals surface area contributed by atoms with Crippen LogP contribution in [0.25, 0.3) is 123 Å². The topological polar surface area (TPSA) is 48.5 Å². The van der Waals surface area contributed by atoms with E-state index in [0.29, 0.717) is 17.5 Å². The predicted molar refractivity (Wildman–Crippen MR) is 291 cm³/mol. The van der Waals surface area contributed by atoms with Gasteiger partial charge in [-0.3, -0.25) is 0 Å². The quantitative estimate of drug-likeness (QED) is 0.153. The number of aryl methyl sites for hydroxylation is 2. The van der Waals surface area contributed by atoms with E-state index in [9.17, 15) is 0 Å². The lowest BCUT2D eigenvalue weighted by atomic mass is 9.96. The number of aromatic nitrogens is 5. The van der Waals surface area contributed by atoms with Gasteiger partial charge < -0.3 is 9.13 Å². The molecule has 0 aliphatic heterocycles. The number of rotatable bonds is 8. The van der Waals surface area contributed by atoms with Gasteiger partial charge in [0.2, 0.25) is 0 Å². The Morgan fingerprint density at radius 1 is 0.286 bits per heavy atom. The van der Waals surface area contributed by atoms with Crippen molar-refractivity contribution in [3.8, 4) is 78.9 Å². The maximum atomic E-state index is 5.43. The fourth-order valence-electron chi connectivity index (χ4n) is 10.3. The lowest BCUT2D eigenvalue weighted by Gasteiger charge is -2.17. The number of nitrogens with zero attached hydrogens (tertiary/aromatic N) is 5. The molecule has 5 nitrogen and oxygen atoms in total. The molecular formula is C65H45N5. The summed E-state index contributed by atoms with van der Waals surface area (Å²) in [6.07, 6.45) is 0. The summed E-state index contributed by atoms with van der Waals surface area (Å²) >= 11 is 0. The highest BCUT2D eigenvalue weighted by Gasteiger charge is 2.23. The molecule has 70 heavy (non-hydrogen) atoms. The zero-order chi connectivity index (χ0) is 46.7. The molecule has 3 heterocycles. The summed E-state index contributed by atoms with van der Waals surface area (Å²) in [5, 5.41) is 4.71. The predicted octanol–water partition coefficient (Wildman–Crippen LogP) is 16.7. The van der Waals surface area contributed by atoms with E-state index in [1.54, 1.807) is 0 Å². The van der Waals surface area contributed by atoms with Crippen LogP contribution in [0, 0.1) is 13.8 Å². The number of fused-ring (bicyclic) bond motifs is 6. The van der Waals surface area contributed by atoms with Gasteiger partial charge in [-0.15, -0.1) is 0 Å². The smallest absolute Gasteiger partial charge is 0.166 e. The lowest BCUT2D eigenvalue weighted by Crippen LogP contribution is -2.04. The first-order chi connectivity index (χ1) is 34.5. The number of benzene rings is 10. The van der Waals surface area contributed by atoms with Gasteiger partial charge in [0.05, 0.1) is 27.8 Å². The van der Waals surface area contributed by atoms with Crippen molar-refractivity contribution in [1.29, 1.82) is 0 Å². The summed E-state index contributed by atoms with van der Waals surface area (Å²) in [6, 6.07) is 84.8. The molecule has 0 saturated carbocycles. The van der Waals surface area contributed by atoms with Crippen molar-refractivity contribution < 1.29 is 0 Å². The van der Waals surface area contributed by atoms with E-state index < -0.39 is 0 Å². The Labute approximate surface area is 406 Å². The minimum Gasteiger partial charge on any atom is -0.309 e. The third kappa shape index (κ3) is 7.06. The van der Waals surface area contributed by atoms with Crippen LogP contribution in [0.2, 0.25) is 0 Å². The monoisotopic (exact) mass is 895 g/mol. The summed E-state index contributed by atoms with van der Waals surface area (Å²) in [4.78, 5) is 16.0. The molecule has 0 N–H and O–H groups in total. The maximum Gasteiger partial charge on any atom is 0.166 e. The molecule has 13 aromatic rings. The Bertz CT molecular complexity index is 3940. The fraction of sp³-hybridized carbons (Fsp3) is 0.0308. The fourth-order valence-corrected chi connectivity index (χ4v) is 10.3. The van der Waals surface area contributed by atoms with E-state index >= 15 is 0 Å². The van der Waals surface area contributed by atoms with Gasteiger partial charge >= 0.3 is 0 Å². The summed E-state index contributed by atoms with van der Waals surface area (Å²) in [5.41, 5.74) is 18.6. The van der Waals surface area contributed by atoms with Crippen LogP contribution in [0.15, 0.2) is 237 Å². The average molecular weight is 896 g/mol. The van der Waals surface area contributed by atoms with Gasteiger partial charge in [0.1, 0.15) is 0 Å². The van der Waals surface area contributed by atoms with E-state index in [-0.39, 0.29) is 0 Å². The van der Waals surface area contributed by atoms with E-state index in [0.717, 1.165) is 72.4 Å². The van der Waals surface area contributed by atoms with Crippen LogP contribution in [0.5, 0.6) is 0 Å². The molecule has 0 fully saturated rings. The molecule has 0 aliphatic rings. The van der Waals surface area contributed by atoms with Gasteiger partial charge in [0, 0.05) is 43.9 Å². The van der Waals surface area contributed by atoms with Crippen LogP contribution in [0.3, 0.4) is 0 Å². The van der Waals surface area contributed by atoms with Gasteiger partial charge in [0.15, 0.2) is 17.5 Å². The van der Waals surface area contributed by atoms with E-state index in [1.807, 2.05) is 36.4 Å². The van der Waals surface area contributed by atoms with E-state index in [4.69, 9.17) is 15.0 Å². The van der Waals surface area contributed by atoms with Crippen molar-refractivity contribution in [2.45, 2.75) is 13.8 Å². The zero-order valence-electron chi connectivity index (χ0n) is 38.8. The van der Waals surface area contributed by atoms with Crippen LogP contribution >= 0.6 is 0 Å². The molecule has 0 atom stereocenters. The van der Waals surface area contributed by atoms with Crippen LogP contribution in [0.4, 0.5) is 0 Å². The maximum absolute atomic E-state index is 5.43. The first-order valence-electron chi connectivity index (χ1n) is 23.8. The van der Waals surface area contributed by atoms with Crippen molar-refractivity contribution >= 4 is 43.6 Å². The average Bonchev–Trinajstić information content (AvgIpc) is 3.94. The normalized spacial score (nSPS) is 11.6. The Balaban J connectivity index is 1.14. The molecule has 3 aromatic heterocycles. The highest BCUT2D eigenvalue weighted by atomic mass is 15.1. The third-order valence-electron chi connectivity index (χ3n) is 13.7. The first kappa shape index (κ1) is 41.0. The molecule has 0 spiro atoms. The van der Waals surface area contributed by atoms with Gasteiger partial charge in [-0.2, -0.15) is 0 Å². The van der Waals surface area contributed by atoms with Crippen LogP contribution < -0.4 is 0 Å². The van der Waals surface area contributed by atoms with E-state index in [2.05, 4.69) is 223 Å². The lowest BCUT2D eigenvalue weighted by molar-refractivity contribution is 1.06. The Hall–Kier alpha value is -9.19. The number of hydrogen-bond acceptors (Lipinski definition) is 3. The van der Waals surface area contributed by atoms with Crippen LogP contribution in [0.1, 0.15) is 11.1 Å². The number of hydrogen-bond donors (Lipinski definition) is 0. The van der Waals surface area contributed by atoms with Gasteiger partial charge in [-0.05, 0) is 95.8 Å². The molecule has 10 aromatic carbocycles. The highest BCUT2D eigenvalue weighted by Crippen LogP contribution is 2.43. The molecule has 0 radical (unpaired) electrons. The van der Waals surface area contributed by atoms with Gasteiger partial charge in [0.25, 0.3) is 0 Å². The summed E-state index contributed by atoms with van der Waals surface area (Å²) in [7, 11) is 0. The van der Waals surface area contributed by atoms with Crippen molar-refractivity contribution in [2.75, 3.05) is 0 Å². The molecule has 0 aliphatic carbocycles. The summed E-state index contributed by atoms with van der Waals surface area (Å²) in [5.74, 6) is 1.81. The van der Waals surface area contributed by atoms with Crippen LogP contribution in [-0.2, 0) is 0 Å². The Morgan fingerprint density at radius 3 is 1.36 bits per heavy atom. The minimum atomic E-state index is 0.586. The Kier molecular flexibility index (Phi) is 9.88. The van der Waals surface area contributed by atoms with Crippen molar-refractivity contribution in [3.63, 3.8) is 0 Å². The molecular weight excluding hydrogens is 851 g/mol. The largest absolute Gasteiger partial charge is 0.309 e. The van der Waals surface area contributed by atoms with Crippen molar-refractivity contribution in [2.24, 2.45) is 0 Å². The third-order valence-corrected chi connectivity index (χ3v) is 13.7. The van der Waals surface area contributed by atoms with Crippen LogP contribution in [-0.4, -0.2) is 24.1 Å². The summed E-state index contributed by atoms with van der Waals surface area (Å²) in [6.45, 7) is 4.27. The second kappa shape index (κ2) is 16.8. The van der Waals surface area contributed by atoms with Gasteiger partial charge in [-0.1, -0.05) is 199 Å². The zero-order valence-corrected chi connectivity index (χ0v) is 38.8. The molecule has 13 rings (SSSR count). The Morgan fingerprint density at radius 2 is 0.771 bits per heavy atom. The minimum absolute atomic E-state index is 0.586. The van der Waals surface area contributed by atoms with Crippen molar-refractivity contribution in [1.82, 2.24) is 24.1 Å². The molecule has 0 bridgehead atoms. The molecule has 0 unspecified atom stereocenters. The first-order valence-corrected chi connectivity index (χ1v) is 23.8. The SMILES string of the molecule is Cc1ccc(-c2ccc3c4ccc(-c5ccc(C)cc5)cc4n(-c4ccc(-c5cccc6c5c5ccccc5n6-c5ccccc5)cc4-c4nc(-c5ccccc5)nc(-c5ccccc5)n4)c3c2)cc1. The second-order valence-corrected chi connectivity index (χ2v) is 18.2. The molecule has 0 saturated heterocycles. The number of para-hydroxylation sites is 2. The molecule has 5 heteroatoms. The highest BCUT2D eigenvalue weighted by molar-refractivity contribution is 6.16.